The summed E-state index contributed by atoms with van der Waals surface area (Å²) in [5.74, 6) is -0.0173. The summed E-state index contributed by atoms with van der Waals surface area (Å²) in [7, 11) is 0. The number of nitrogens with zero attached hydrogens (tertiary/aromatic N) is 2. The molecule has 0 bridgehead atoms. The summed E-state index contributed by atoms with van der Waals surface area (Å²) in [6, 6.07) is 3.57. The fraction of sp³-hybridized carbons (Fsp3) is 0.571. The number of fused-ring (bicyclic) bond motifs is 1. The number of piperazine rings is 1. The summed E-state index contributed by atoms with van der Waals surface area (Å²) in [4.78, 5) is 30.6. The highest BCUT2D eigenvalue weighted by Gasteiger charge is 2.31. The van der Waals surface area contributed by atoms with Crippen LogP contribution in [0.25, 0.3) is 0 Å². The van der Waals surface area contributed by atoms with Gasteiger partial charge in [0.2, 0.25) is 5.56 Å². The highest BCUT2D eigenvalue weighted by molar-refractivity contribution is 5.94. The van der Waals surface area contributed by atoms with Crippen molar-refractivity contribution < 1.29 is 4.79 Å². The summed E-state index contributed by atoms with van der Waals surface area (Å²) in [6.45, 7) is 3.69. The van der Waals surface area contributed by atoms with Gasteiger partial charge in [-0.15, -0.1) is 0 Å². The van der Waals surface area contributed by atoms with Gasteiger partial charge in [-0.2, -0.15) is 0 Å². The Kier molecular flexibility index (Phi) is 3.38. The topological polar surface area (TPSA) is 56.4 Å². The van der Waals surface area contributed by atoms with Crippen molar-refractivity contribution >= 4 is 5.91 Å². The quantitative estimate of drug-likeness (QED) is 0.809. The SMILES string of the molecule is O=C(c1cc[nH]c(=O)c1)N1CCN2CCCCC2C1. The van der Waals surface area contributed by atoms with E-state index >= 15 is 0 Å². The number of hydrogen-bond donors (Lipinski definition) is 1. The van der Waals surface area contributed by atoms with E-state index in [4.69, 9.17) is 0 Å². The molecule has 5 heteroatoms. The maximum atomic E-state index is 12.4. The number of aromatic amines is 1. The third-order valence-electron chi connectivity index (χ3n) is 4.15. The van der Waals surface area contributed by atoms with Crippen LogP contribution in [0.4, 0.5) is 0 Å². The second-order valence-electron chi connectivity index (χ2n) is 5.38. The lowest BCUT2D eigenvalue weighted by atomic mass is 9.99. The van der Waals surface area contributed by atoms with Crippen LogP contribution in [0.15, 0.2) is 23.1 Å². The first-order valence-electron chi connectivity index (χ1n) is 6.96. The molecular weight excluding hydrogens is 242 g/mol. The number of aromatic nitrogens is 1. The van der Waals surface area contributed by atoms with E-state index in [0.29, 0.717) is 11.6 Å². The third kappa shape index (κ3) is 2.56. The van der Waals surface area contributed by atoms with Crippen molar-refractivity contribution in [3.05, 3.63) is 34.2 Å². The maximum absolute atomic E-state index is 12.4. The van der Waals surface area contributed by atoms with Crippen molar-refractivity contribution in [2.24, 2.45) is 0 Å². The van der Waals surface area contributed by atoms with Gasteiger partial charge in [0.15, 0.2) is 0 Å². The second-order valence-corrected chi connectivity index (χ2v) is 5.38. The molecule has 5 nitrogen and oxygen atoms in total. The first kappa shape index (κ1) is 12.4. The van der Waals surface area contributed by atoms with Gasteiger partial charge in [-0.3, -0.25) is 14.5 Å². The van der Waals surface area contributed by atoms with Gasteiger partial charge >= 0.3 is 0 Å². The molecule has 0 saturated carbocycles. The Morgan fingerprint density at radius 3 is 3.00 bits per heavy atom. The fourth-order valence-corrected chi connectivity index (χ4v) is 3.10. The average Bonchev–Trinajstić information content (AvgIpc) is 2.46. The Bertz CT molecular complexity index is 525. The molecule has 0 aliphatic carbocycles. The zero-order valence-electron chi connectivity index (χ0n) is 11.0. The van der Waals surface area contributed by atoms with Gasteiger partial charge in [-0.25, -0.2) is 0 Å². The molecular formula is C14H19N3O2. The van der Waals surface area contributed by atoms with Gasteiger partial charge in [-0.05, 0) is 25.5 Å². The fourth-order valence-electron chi connectivity index (χ4n) is 3.10. The normalized spacial score (nSPS) is 24.0. The summed E-state index contributed by atoms with van der Waals surface area (Å²) in [5.41, 5.74) is 0.273. The van der Waals surface area contributed by atoms with Gasteiger partial charge in [0, 0.05) is 43.5 Å². The lowest BCUT2D eigenvalue weighted by molar-refractivity contribution is 0.0372. The number of rotatable bonds is 1. The zero-order chi connectivity index (χ0) is 13.2. The number of carbonyl (C=O) groups excluding carboxylic acids is 1. The standard InChI is InChI=1S/C14H19N3O2/c18-13-9-11(4-5-15-13)14(19)17-8-7-16-6-2-1-3-12(16)10-17/h4-5,9,12H,1-3,6-8,10H2,(H,15,18). The van der Waals surface area contributed by atoms with Crippen LogP contribution >= 0.6 is 0 Å². The number of piperidine rings is 1. The molecule has 2 aliphatic rings. The minimum atomic E-state index is -0.220. The molecule has 3 rings (SSSR count). The lowest BCUT2D eigenvalue weighted by Gasteiger charge is -2.44. The van der Waals surface area contributed by atoms with Crippen LogP contribution in [-0.4, -0.2) is 52.9 Å². The molecule has 0 radical (unpaired) electrons. The molecule has 0 spiro atoms. The molecule has 1 N–H and O–H groups in total. The number of nitrogens with one attached hydrogen (secondary N) is 1. The predicted octanol–water partition coefficient (Wildman–Crippen LogP) is 0.685. The Hall–Kier alpha value is -1.62. The van der Waals surface area contributed by atoms with Crippen molar-refractivity contribution in [1.29, 1.82) is 0 Å². The monoisotopic (exact) mass is 261 g/mol. The van der Waals surface area contributed by atoms with Crippen molar-refractivity contribution in [3.8, 4) is 0 Å². The second kappa shape index (κ2) is 5.17. The van der Waals surface area contributed by atoms with E-state index in [-0.39, 0.29) is 11.5 Å². The van der Waals surface area contributed by atoms with Crippen LogP contribution in [0.3, 0.4) is 0 Å². The molecule has 0 aromatic carbocycles. The van der Waals surface area contributed by atoms with Crippen molar-refractivity contribution in [1.82, 2.24) is 14.8 Å². The summed E-state index contributed by atoms with van der Waals surface area (Å²) >= 11 is 0. The van der Waals surface area contributed by atoms with E-state index in [1.54, 1.807) is 6.07 Å². The molecule has 2 aliphatic heterocycles. The van der Waals surface area contributed by atoms with E-state index in [0.717, 1.165) is 26.2 Å². The third-order valence-corrected chi connectivity index (χ3v) is 4.15. The smallest absolute Gasteiger partial charge is 0.254 e. The number of H-pyrrole nitrogens is 1. The molecule has 1 aromatic rings. The molecule has 19 heavy (non-hydrogen) atoms. The molecule has 3 heterocycles. The van der Waals surface area contributed by atoms with Crippen molar-refractivity contribution in [3.63, 3.8) is 0 Å². The zero-order valence-corrected chi connectivity index (χ0v) is 11.0. The van der Waals surface area contributed by atoms with E-state index < -0.39 is 0 Å². The number of pyridine rings is 1. The predicted molar refractivity (Wildman–Crippen MR) is 72.2 cm³/mol. The molecule has 2 fully saturated rings. The Labute approximate surface area is 112 Å². The minimum Gasteiger partial charge on any atom is -0.336 e. The van der Waals surface area contributed by atoms with Crippen LogP contribution in [0.5, 0.6) is 0 Å². The van der Waals surface area contributed by atoms with Crippen LogP contribution in [0, 0.1) is 0 Å². The van der Waals surface area contributed by atoms with Crippen molar-refractivity contribution in [2.45, 2.75) is 25.3 Å². The number of amides is 1. The summed E-state index contributed by atoms with van der Waals surface area (Å²) in [5, 5.41) is 0. The van der Waals surface area contributed by atoms with Gasteiger partial charge in [0.25, 0.3) is 5.91 Å². The summed E-state index contributed by atoms with van der Waals surface area (Å²) < 4.78 is 0. The lowest BCUT2D eigenvalue weighted by Crippen LogP contribution is -2.56. The minimum absolute atomic E-state index is 0.0173. The van der Waals surface area contributed by atoms with Crippen LogP contribution in [0.2, 0.25) is 0 Å². The van der Waals surface area contributed by atoms with Crippen LogP contribution in [-0.2, 0) is 0 Å². The van der Waals surface area contributed by atoms with Crippen LogP contribution in [0.1, 0.15) is 29.6 Å². The van der Waals surface area contributed by atoms with Gasteiger partial charge in [-0.1, -0.05) is 6.42 Å². The van der Waals surface area contributed by atoms with E-state index in [1.807, 2.05) is 4.90 Å². The Balaban J connectivity index is 1.72. The van der Waals surface area contributed by atoms with Gasteiger partial charge < -0.3 is 9.88 Å². The molecule has 1 amide bonds. The molecule has 1 unspecified atom stereocenters. The average molecular weight is 261 g/mol. The molecule has 2 saturated heterocycles. The van der Waals surface area contributed by atoms with Gasteiger partial charge in [0.05, 0.1) is 0 Å². The highest BCUT2D eigenvalue weighted by Crippen LogP contribution is 2.21. The van der Waals surface area contributed by atoms with Gasteiger partial charge in [0.1, 0.15) is 0 Å². The maximum Gasteiger partial charge on any atom is 0.254 e. The Morgan fingerprint density at radius 2 is 2.16 bits per heavy atom. The van der Waals surface area contributed by atoms with E-state index in [9.17, 15) is 9.59 Å². The molecule has 102 valence electrons. The highest BCUT2D eigenvalue weighted by atomic mass is 16.2. The number of carbonyl (C=O) groups is 1. The molecule has 1 atom stereocenters. The van der Waals surface area contributed by atoms with E-state index in [2.05, 4.69) is 9.88 Å². The number of hydrogen-bond acceptors (Lipinski definition) is 3. The largest absolute Gasteiger partial charge is 0.336 e. The summed E-state index contributed by atoms with van der Waals surface area (Å²) in [6.07, 6.45) is 5.25. The first-order valence-corrected chi connectivity index (χ1v) is 6.96. The van der Waals surface area contributed by atoms with Crippen LogP contribution < -0.4 is 5.56 Å². The van der Waals surface area contributed by atoms with E-state index in [1.165, 1.54) is 31.5 Å². The van der Waals surface area contributed by atoms with Crippen molar-refractivity contribution in [2.75, 3.05) is 26.2 Å². The Morgan fingerprint density at radius 1 is 1.26 bits per heavy atom. The molecule has 1 aromatic heterocycles. The first-order chi connectivity index (χ1) is 9.24.